The molecular weight excluding hydrogens is 266 g/mol. The maximum absolute atomic E-state index is 13.3. The van der Waals surface area contributed by atoms with Gasteiger partial charge in [0.05, 0.1) is 5.56 Å². The van der Waals surface area contributed by atoms with Gasteiger partial charge in [-0.05, 0) is 30.5 Å². The fourth-order valence-corrected chi connectivity index (χ4v) is 1.80. The Morgan fingerprint density at radius 2 is 2.00 bits per heavy atom. The van der Waals surface area contributed by atoms with Gasteiger partial charge < -0.3 is 5.11 Å². The van der Waals surface area contributed by atoms with Gasteiger partial charge in [-0.25, -0.2) is 9.18 Å². The van der Waals surface area contributed by atoms with Crippen LogP contribution in [0.15, 0.2) is 18.2 Å². The van der Waals surface area contributed by atoms with E-state index in [2.05, 4.69) is 5.32 Å². The second-order valence-electron chi connectivity index (χ2n) is 4.55. The average Bonchev–Trinajstić information content (AvgIpc) is 3.06. The van der Waals surface area contributed by atoms with E-state index in [4.69, 9.17) is 5.11 Å². The molecule has 0 unspecified atom stereocenters. The van der Waals surface area contributed by atoms with Crippen LogP contribution in [0.2, 0.25) is 0 Å². The lowest BCUT2D eigenvalue weighted by molar-refractivity contribution is -0.166. The summed E-state index contributed by atoms with van der Waals surface area (Å²) in [6.45, 7) is -0.156. The lowest BCUT2D eigenvalue weighted by Gasteiger charge is -2.20. The SMILES string of the molecule is O=C(O)c1ccc(CNC2(C(F)(F)F)CC2)cc1F. The van der Waals surface area contributed by atoms with Crippen LogP contribution in [0.5, 0.6) is 0 Å². The summed E-state index contributed by atoms with van der Waals surface area (Å²) in [4.78, 5) is 10.6. The average molecular weight is 277 g/mol. The van der Waals surface area contributed by atoms with Crippen molar-refractivity contribution in [3.8, 4) is 0 Å². The summed E-state index contributed by atoms with van der Waals surface area (Å²) in [5.74, 6) is -2.37. The van der Waals surface area contributed by atoms with Crippen molar-refractivity contribution < 1.29 is 27.5 Å². The Morgan fingerprint density at radius 1 is 1.37 bits per heavy atom. The molecule has 2 N–H and O–H groups in total. The van der Waals surface area contributed by atoms with Gasteiger partial charge >= 0.3 is 12.1 Å². The number of carbonyl (C=O) groups is 1. The zero-order chi connectivity index (χ0) is 14.3. The molecule has 2 rings (SSSR count). The molecule has 1 aliphatic rings. The maximum atomic E-state index is 13.3. The van der Waals surface area contributed by atoms with E-state index in [0.717, 1.165) is 12.1 Å². The van der Waals surface area contributed by atoms with Gasteiger partial charge in [-0.15, -0.1) is 0 Å². The first-order valence-electron chi connectivity index (χ1n) is 5.59. The van der Waals surface area contributed by atoms with Crippen LogP contribution in [-0.4, -0.2) is 22.8 Å². The minimum Gasteiger partial charge on any atom is -0.478 e. The van der Waals surface area contributed by atoms with Crippen LogP contribution in [0.1, 0.15) is 28.8 Å². The van der Waals surface area contributed by atoms with Gasteiger partial charge in [-0.2, -0.15) is 13.2 Å². The van der Waals surface area contributed by atoms with E-state index in [-0.39, 0.29) is 24.9 Å². The minimum atomic E-state index is -4.33. The molecule has 19 heavy (non-hydrogen) atoms. The van der Waals surface area contributed by atoms with Crippen molar-refractivity contribution in [3.63, 3.8) is 0 Å². The number of carboxylic acids is 1. The fourth-order valence-electron chi connectivity index (χ4n) is 1.80. The van der Waals surface area contributed by atoms with Gasteiger partial charge in [0.2, 0.25) is 0 Å². The molecule has 1 aromatic rings. The predicted molar refractivity (Wildman–Crippen MR) is 58.2 cm³/mol. The Kier molecular flexibility index (Phi) is 3.25. The van der Waals surface area contributed by atoms with Crippen molar-refractivity contribution in [1.82, 2.24) is 5.32 Å². The van der Waals surface area contributed by atoms with E-state index in [0.29, 0.717) is 0 Å². The van der Waals surface area contributed by atoms with Crippen LogP contribution in [0, 0.1) is 5.82 Å². The van der Waals surface area contributed by atoms with Gasteiger partial charge in [-0.3, -0.25) is 5.32 Å². The third-order valence-electron chi connectivity index (χ3n) is 3.19. The number of benzene rings is 1. The Hall–Kier alpha value is -1.63. The van der Waals surface area contributed by atoms with E-state index in [1.807, 2.05) is 0 Å². The van der Waals surface area contributed by atoms with Crippen LogP contribution in [0.4, 0.5) is 17.6 Å². The molecule has 7 heteroatoms. The Balaban J connectivity index is 2.05. The summed E-state index contributed by atoms with van der Waals surface area (Å²) in [6.07, 6.45) is -4.31. The molecule has 1 aliphatic carbocycles. The summed E-state index contributed by atoms with van der Waals surface area (Å²) in [6, 6.07) is 3.27. The quantitative estimate of drug-likeness (QED) is 0.832. The van der Waals surface area contributed by atoms with E-state index >= 15 is 0 Å². The van der Waals surface area contributed by atoms with Crippen molar-refractivity contribution >= 4 is 5.97 Å². The summed E-state index contributed by atoms with van der Waals surface area (Å²) < 4.78 is 51.2. The van der Waals surface area contributed by atoms with E-state index in [9.17, 15) is 22.4 Å². The van der Waals surface area contributed by atoms with Crippen LogP contribution >= 0.6 is 0 Å². The molecule has 104 valence electrons. The smallest absolute Gasteiger partial charge is 0.406 e. The molecule has 0 aromatic heterocycles. The molecule has 0 spiro atoms. The summed E-state index contributed by atoms with van der Waals surface area (Å²) in [5, 5.41) is 11.0. The lowest BCUT2D eigenvalue weighted by atomic mass is 10.1. The molecule has 0 aliphatic heterocycles. The number of hydrogen-bond acceptors (Lipinski definition) is 2. The monoisotopic (exact) mass is 277 g/mol. The normalized spacial score (nSPS) is 17.3. The number of carboxylic acid groups (broad SMARTS) is 1. The molecule has 0 bridgehead atoms. The van der Waals surface area contributed by atoms with E-state index < -0.39 is 29.1 Å². The first-order chi connectivity index (χ1) is 8.75. The molecule has 3 nitrogen and oxygen atoms in total. The van der Waals surface area contributed by atoms with Crippen LogP contribution < -0.4 is 5.32 Å². The molecule has 1 fully saturated rings. The largest absolute Gasteiger partial charge is 0.478 e. The molecule has 1 saturated carbocycles. The summed E-state index contributed by atoms with van der Waals surface area (Å²) in [7, 11) is 0. The highest BCUT2D eigenvalue weighted by Crippen LogP contribution is 2.49. The molecule has 0 amide bonds. The molecule has 0 saturated heterocycles. The Labute approximate surface area is 106 Å². The van der Waals surface area contributed by atoms with Gasteiger partial charge in [-0.1, -0.05) is 6.07 Å². The van der Waals surface area contributed by atoms with Crippen LogP contribution in [0.25, 0.3) is 0 Å². The van der Waals surface area contributed by atoms with Crippen molar-refractivity contribution in [2.24, 2.45) is 0 Å². The number of halogens is 4. The molecule has 1 aromatic carbocycles. The third-order valence-corrected chi connectivity index (χ3v) is 3.19. The van der Waals surface area contributed by atoms with Gasteiger partial charge in [0.25, 0.3) is 0 Å². The zero-order valence-corrected chi connectivity index (χ0v) is 9.72. The molecule has 0 atom stereocenters. The van der Waals surface area contributed by atoms with Gasteiger partial charge in [0.15, 0.2) is 0 Å². The van der Waals surface area contributed by atoms with Crippen LogP contribution in [0.3, 0.4) is 0 Å². The number of nitrogens with one attached hydrogen (secondary N) is 1. The predicted octanol–water partition coefficient (Wildman–Crippen LogP) is 2.71. The third kappa shape index (κ3) is 2.70. The van der Waals surface area contributed by atoms with Crippen molar-refractivity contribution in [3.05, 3.63) is 35.1 Å². The second-order valence-corrected chi connectivity index (χ2v) is 4.55. The highest BCUT2D eigenvalue weighted by molar-refractivity contribution is 5.87. The first-order valence-corrected chi connectivity index (χ1v) is 5.59. The van der Waals surface area contributed by atoms with Gasteiger partial charge in [0.1, 0.15) is 11.4 Å². The Bertz CT molecular complexity index is 509. The van der Waals surface area contributed by atoms with Crippen molar-refractivity contribution in [2.45, 2.75) is 31.1 Å². The van der Waals surface area contributed by atoms with E-state index in [1.165, 1.54) is 6.07 Å². The first kappa shape index (κ1) is 13.8. The number of alkyl halides is 3. The van der Waals surface area contributed by atoms with Crippen molar-refractivity contribution in [1.29, 1.82) is 0 Å². The Morgan fingerprint density at radius 3 is 2.42 bits per heavy atom. The molecule has 0 radical (unpaired) electrons. The highest BCUT2D eigenvalue weighted by Gasteiger charge is 2.62. The topological polar surface area (TPSA) is 49.3 Å². The zero-order valence-electron chi connectivity index (χ0n) is 9.72. The molecular formula is C12H11F4NO2. The second kappa shape index (κ2) is 4.48. The number of rotatable bonds is 4. The minimum absolute atomic E-state index is 0.00614. The lowest BCUT2D eigenvalue weighted by Crippen LogP contribution is -2.44. The van der Waals surface area contributed by atoms with Crippen molar-refractivity contribution in [2.75, 3.05) is 0 Å². The standard InChI is InChI=1S/C12H11F4NO2/c13-9-5-7(1-2-8(9)10(18)19)6-17-11(3-4-11)12(14,15)16/h1-2,5,17H,3-4,6H2,(H,18,19). The van der Waals surface area contributed by atoms with Gasteiger partial charge in [0, 0.05) is 6.54 Å². The summed E-state index contributed by atoms with van der Waals surface area (Å²) >= 11 is 0. The fraction of sp³-hybridized carbons (Fsp3) is 0.417. The maximum Gasteiger partial charge on any atom is 0.406 e. The highest BCUT2D eigenvalue weighted by atomic mass is 19.4. The molecule has 0 heterocycles. The van der Waals surface area contributed by atoms with Crippen LogP contribution in [-0.2, 0) is 6.54 Å². The summed E-state index contributed by atoms with van der Waals surface area (Å²) in [5.41, 5.74) is -2.09. The number of aromatic carboxylic acids is 1. The van der Waals surface area contributed by atoms with E-state index in [1.54, 1.807) is 0 Å². The number of hydrogen-bond donors (Lipinski definition) is 2.